The van der Waals surface area contributed by atoms with Crippen LogP contribution >= 0.6 is 11.8 Å². The van der Waals surface area contributed by atoms with Crippen LogP contribution in [0.3, 0.4) is 0 Å². The number of hydrogen-bond donors (Lipinski definition) is 1. The Bertz CT molecular complexity index is 129. The number of carbonyl (C=O) groups is 1. The Hall–Kier alpha value is -0.690. The molecule has 0 unspecified atom stereocenters. The summed E-state index contributed by atoms with van der Waals surface area (Å²) in [6.45, 7) is 0. The Labute approximate surface area is 57.7 Å². The van der Waals surface area contributed by atoms with Crippen LogP contribution in [0.4, 0.5) is 0 Å². The van der Waals surface area contributed by atoms with Gasteiger partial charge in [0.2, 0.25) is 0 Å². The second kappa shape index (κ2) is 5.45. The van der Waals surface area contributed by atoms with E-state index in [4.69, 9.17) is 10.4 Å². The van der Waals surface area contributed by atoms with E-state index in [2.05, 4.69) is 0 Å². The van der Waals surface area contributed by atoms with E-state index in [9.17, 15) is 4.79 Å². The largest absolute Gasteiger partial charge is 0.481 e. The van der Waals surface area contributed by atoms with E-state index in [1.165, 1.54) is 11.8 Å². The third-order valence-corrected chi connectivity index (χ3v) is 1.53. The van der Waals surface area contributed by atoms with Gasteiger partial charge in [-0.05, 0) is 0 Å². The lowest BCUT2D eigenvalue weighted by molar-refractivity contribution is -0.133. The molecule has 0 aromatic heterocycles. The van der Waals surface area contributed by atoms with Crippen molar-refractivity contribution in [2.45, 2.75) is 6.42 Å². The molecule has 0 amide bonds. The highest BCUT2D eigenvalue weighted by molar-refractivity contribution is 7.99. The van der Waals surface area contributed by atoms with Gasteiger partial charge in [-0.25, -0.2) is 0 Å². The van der Waals surface area contributed by atoms with Gasteiger partial charge < -0.3 is 5.11 Å². The third-order valence-electron chi connectivity index (χ3n) is 0.584. The molecule has 0 spiro atoms. The predicted molar refractivity (Wildman–Crippen MR) is 35.2 cm³/mol. The van der Waals surface area contributed by atoms with Crippen LogP contribution in [0.5, 0.6) is 0 Å². The summed E-state index contributed by atoms with van der Waals surface area (Å²) in [6.07, 6.45) is 0.429. The lowest BCUT2D eigenvalue weighted by Crippen LogP contribution is -1.98. The average Bonchev–Trinajstić information content (AvgIpc) is 1.80. The van der Waals surface area contributed by atoms with Crippen molar-refractivity contribution in [2.24, 2.45) is 0 Å². The smallest absolute Gasteiger partial charge is 0.313 e. The van der Waals surface area contributed by atoms with Gasteiger partial charge in [0, 0.05) is 12.2 Å². The first kappa shape index (κ1) is 8.31. The van der Waals surface area contributed by atoms with Gasteiger partial charge in [0.15, 0.2) is 0 Å². The average molecular weight is 145 g/mol. The number of thioether (sulfide) groups is 1. The second-order valence-electron chi connectivity index (χ2n) is 1.35. The summed E-state index contributed by atoms with van der Waals surface area (Å²) in [5.74, 6) is -0.109. The van der Waals surface area contributed by atoms with Crippen molar-refractivity contribution in [2.75, 3.05) is 11.5 Å². The molecule has 0 heterocycles. The van der Waals surface area contributed by atoms with Crippen molar-refractivity contribution >= 4 is 17.7 Å². The highest BCUT2D eigenvalue weighted by Gasteiger charge is 1.94. The highest BCUT2D eigenvalue weighted by Crippen LogP contribution is 1.99. The molecule has 0 aromatic carbocycles. The number of rotatable bonds is 4. The monoisotopic (exact) mass is 145 g/mol. The predicted octanol–water partition coefficient (Wildman–Crippen LogP) is 0.718. The molecule has 0 saturated carbocycles. The molecule has 0 aliphatic rings. The number of nitrogens with zero attached hydrogens (tertiary/aromatic N) is 1. The molecule has 1 N–H and O–H groups in total. The summed E-state index contributed by atoms with van der Waals surface area (Å²) in [6, 6.07) is 1.93. The summed E-state index contributed by atoms with van der Waals surface area (Å²) >= 11 is 1.26. The third kappa shape index (κ3) is 7.31. The minimum Gasteiger partial charge on any atom is -0.481 e. The molecule has 0 aliphatic carbocycles. The van der Waals surface area contributed by atoms with E-state index < -0.39 is 5.97 Å². The molecule has 9 heavy (non-hydrogen) atoms. The molecule has 0 bridgehead atoms. The molecular weight excluding hydrogens is 138 g/mol. The van der Waals surface area contributed by atoms with E-state index in [0.717, 1.165) is 0 Å². The van der Waals surface area contributed by atoms with Crippen LogP contribution in [0.1, 0.15) is 6.42 Å². The Morgan fingerprint density at radius 1 is 1.78 bits per heavy atom. The first-order chi connectivity index (χ1) is 4.27. The molecule has 0 aromatic rings. The highest BCUT2D eigenvalue weighted by atomic mass is 32.2. The zero-order chi connectivity index (χ0) is 7.11. The van der Waals surface area contributed by atoms with Gasteiger partial charge in [-0.3, -0.25) is 4.79 Å². The maximum absolute atomic E-state index is 9.86. The molecule has 0 radical (unpaired) electrons. The number of carboxylic acid groups (broad SMARTS) is 1. The second-order valence-corrected chi connectivity index (χ2v) is 2.46. The first-order valence-electron chi connectivity index (χ1n) is 2.44. The molecule has 0 fully saturated rings. The summed E-state index contributed by atoms with van der Waals surface area (Å²) in [5, 5.41) is 16.1. The van der Waals surface area contributed by atoms with Gasteiger partial charge in [-0.15, -0.1) is 11.8 Å². The fourth-order valence-electron chi connectivity index (χ4n) is 0.277. The Balaban J connectivity index is 2.94. The van der Waals surface area contributed by atoms with Crippen LogP contribution in [-0.2, 0) is 4.79 Å². The number of aliphatic carboxylic acids is 1. The summed E-state index contributed by atoms with van der Waals surface area (Å²) in [4.78, 5) is 9.86. The Morgan fingerprint density at radius 3 is 2.89 bits per heavy atom. The van der Waals surface area contributed by atoms with Crippen LogP contribution < -0.4 is 0 Å². The zero-order valence-electron chi connectivity index (χ0n) is 4.83. The molecule has 0 aliphatic heterocycles. The lowest BCUT2D eigenvalue weighted by Gasteiger charge is -1.89. The van der Waals surface area contributed by atoms with E-state index >= 15 is 0 Å². The standard InChI is InChI=1S/C5H7NO2S/c6-2-1-3-9-4-5(7)8/h1,3-4H2,(H,7,8). The minimum atomic E-state index is -0.821. The molecule has 50 valence electrons. The van der Waals surface area contributed by atoms with E-state index in [1.807, 2.05) is 6.07 Å². The maximum Gasteiger partial charge on any atom is 0.313 e. The van der Waals surface area contributed by atoms with Gasteiger partial charge in [0.25, 0.3) is 0 Å². The minimum absolute atomic E-state index is 0.0989. The molecule has 4 heteroatoms. The molecular formula is C5H7NO2S. The van der Waals surface area contributed by atoms with Gasteiger partial charge >= 0.3 is 5.97 Å². The van der Waals surface area contributed by atoms with E-state index in [1.54, 1.807) is 0 Å². The lowest BCUT2D eigenvalue weighted by atomic mass is 10.6. The van der Waals surface area contributed by atoms with Crippen LogP contribution in [-0.4, -0.2) is 22.6 Å². The van der Waals surface area contributed by atoms with Crippen molar-refractivity contribution < 1.29 is 9.90 Å². The SMILES string of the molecule is N#CCCSCC(=O)O. The number of nitriles is 1. The zero-order valence-corrected chi connectivity index (χ0v) is 5.65. The molecule has 0 saturated heterocycles. The fourth-order valence-corrected chi connectivity index (χ4v) is 0.832. The van der Waals surface area contributed by atoms with Crippen LogP contribution in [0.15, 0.2) is 0 Å². The van der Waals surface area contributed by atoms with Crippen molar-refractivity contribution in [3.05, 3.63) is 0 Å². The van der Waals surface area contributed by atoms with E-state index in [0.29, 0.717) is 12.2 Å². The fraction of sp³-hybridized carbons (Fsp3) is 0.600. The Kier molecular flexibility index (Phi) is 5.03. The van der Waals surface area contributed by atoms with Gasteiger partial charge in [0.1, 0.15) is 0 Å². The normalized spacial score (nSPS) is 8.33. The maximum atomic E-state index is 9.86. The summed E-state index contributed by atoms with van der Waals surface area (Å²) in [5.41, 5.74) is 0. The Morgan fingerprint density at radius 2 is 2.44 bits per heavy atom. The quantitative estimate of drug-likeness (QED) is 0.592. The van der Waals surface area contributed by atoms with Gasteiger partial charge in [0.05, 0.1) is 11.8 Å². The summed E-state index contributed by atoms with van der Waals surface area (Å²) in [7, 11) is 0. The number of carboxylic acids is 1. The molecule has 0 rings (SSSR count). The van der Waals surface area contributed by atoms with Crippen molar-refractivity contribution in [1.29, 1.82) is 5.26 Å². The first-order valence-corrected chi connectivity index (χ1v) is 3.59. The molecule has 0 atom stereocenters. The van der Waals surface area contributed by atoms with E-state index in [-0.39, 0.29) is 5.75 Å². The van der Waals surface area contributed by atoms with Crippen LogP contribution in [0.2, 0.25) is 0 Å². The van der Waals surface area contributed by atoms with Crippen molar-refractivity contribution in [3.8, 4) is 6.07 Å². The van der Waals surface area contributed by atoms with Crippen molar-refractivity contribution in [1.82, 2.24) is 0 Å². The van der Waals surface area contributed by atoms with Gasteiger partial charge in [-0.1, -0.05) is 0 Å². The van der Waals surface area contributed by atoms with Crippen LogP contribution in [0, 0.1) is 11.3 Å². The van der Waals surface area contributed by atoms with Crippen LogP contribution in [0.25, 0.3) is 0 Å². The van der Waals surface area contributed by atoms with Gasteiger partial charge in [-0.2, -0.15) is 5.26 Å². The molecule has 3 nitrogen and oxygen atoms in total. The summed E-state index contributed by atoms with van der Waals surface area (Å²) < 4.78 is 0. The van der Waals surface area contributed by atoms with Crippen molar-refractivity contribution in [3.63, 3.8) is 0 Å². The topological polar surface area (TPSA) is 61.1 Å². The number of hydrogen-bond acceptors (Lipinski definition) is 3.